The van der Waals surface area contributed by atoms with Crippen LogP contribution in [-0.2, 0) is 0 Å². The number of nitrogens with one attached hydrogen (secondary N) is 1. The average molecular weight is 436 g/mol. The Morgan fingerprint density at radius 2 is 1.89 bits per heavy atom. The number of halogens is 1. The summed E-state index contributed by atoms with van der Waals surface area (Å²) in [5.41, 5.74) is 2.51. The molecule has 0 aliphatic carbocycles. The molecule has 1 heterocycles. The first-order valence-corrected chi connectivity index (χ1v) is 9.32. The molecule has 0 bridgehead atoms. The number of benzene rings is 2. The molecule has 1 unspecified atom stereocenters. The predicted octanol–water partition coefficient (Wildman–Crippen LogP) is 4.04. The molecule has 144 valence electrons. The topological polar surface area (TPSA) is 66.0 Å². The summed E-state index contributed by atoms with van der Waals surface area (Å²) in [4.78, 5) is 13.0. The van der Waals surface area contributed by atoms with Gasteiger partial charge in [0.15, 0.2) is 11.5 Å². The standard InChI is InChI=1S/C20H22BrNO5/c1-11-5-6-15-12(9-11)14(7-8-27-15)22-20(23)13-10-16(24-2)18(25-3)19(26-4)17(13)21/h5-6,9-10,14H,7-8H2,1-4H3,(H,22,23). The summed E-state index contributed by atoms with van der Waals surface area (Å²) in [6.07, 6.45) is 0.699. The lowest BCUT2D eigenvalue weighted by Gasteiger charge is -2.27. The second-order valence-corrected chi connectivity index (χ2v) is 7.00. The summed E-state index contributed by atoms with van der Waals surface area (Å²) in [5, 5.41) is 3.10. The van der Waals surface area contributed by atoms with Crippen molar-refractivity contribution in [1.29, 1.82) is 0 Å². The maximum absolute atomic E-state index is 13.0. The number of amides is 1. The molecule has 0 radical (unpaired) electrons. The summed E-state index contributed by atoms with van der Waals surface area (Å²) in [6.45, 7) is 2.57. The molecule has 2 aromatic rings. The summed E-state index contributed by atoms with van der Waals surface area (Å²) in [7, 11) is 4.56. The average Bonchev–Trinajstić information content (AvgIpc) is 2.67. The van der Waals surface area contributed by atoms with Crippen molar-refractivity contribution in [3.05, 3.63) is 45.4 Å². The molecule has 1 amide bonds. The van der Waals surface area contributed by atoms with E-state index in [-0.39, 0.29) is 11.9 Å². The number of carbonyl (C=O) groups excluding carboxylic acids is 1. The Kier molecular flexibility index (Phi) is 5.79. The van der Waals surface area contributed by atoms with Crippen molar-refractivity contribution in [2.24, 2.45) is 0 Å². The molecule has 0 saturated heterocycles. The largest absolute Gasteiger partial charge is 0.493 e. The third-order valence-electron chi connectivity index (χ3n) is 4.52. The lowest BCUT2D eigenvalue weighted by Crippen LogP contribution is -2.32. The zero-order chi connectivity index (χ0) is 19.6. The minimum absolute atomic E-state index is 0.132. The van der Waals surface area contributed by atoms with Crippen LogP contribution < -0.4 is 24.3 Å². The molecule has 7 heteroatoms. The van der Waals surface area contributed by atoms with Crippen LogP contribution in [-0.4, -0.2) is 33.8 Å². The number of hydrogen-bond acceptors (Lipinski definition) is 5. The minimum atomic E-state index is -0.236. The number of rotatable bonds is 5. The Labute approximate surface area is 166 Å². The van der Waals surface area contributed by atoms with Gasteiger partial charge >= 0.3 is 0 Å². The van der Waals surface area contributed by atoms with Crippen LogP contribution in [0.3, 0.4) is 0 Å². The smallest absolute Gasteiger partial charge is 0.253 e. The van der Waals surface area contributed by atoms with Crippen molar-refractivity contribution in [3.8, 4) is 23.0 Å². The number of methoxy groups -OCH3 is 3. The van der Waals surface area contributed by atoms with E-state index in [9.17, 15) is 4.79 Å². The van der Waals surface area contributed by atoms with Gasteiger partial charge in [-0.05, 0) is 35.0 Å². The van der Waals surface area contributed by atoms with Crippen molar-refractivity contribution in [3.63, 3.8) is 0 Å². The SMILES string of the molecule is COc1cc(C(=O)NC2CCOc3ccc(C)cc32)c(Br)c(OC)c1OC. The van der Waals surface area contributed by atoms with E-state index in [0.717, 1.165) is 16.9 Å². The first-order valence-electron chi connectivity index (χ1n) is 8.52. The molecule has 2 aromatic carbocycles. The Balaban J connectivity index is 1.95. The summed E-state index contributed by atoms with van der Waals surface area (Å²) in [5.74, 6) is 1.83. The zero-order valence-electron chi connectivity index (χ0n) is 15.7. The predicted molar refractivity (Wildman–Crippen MR) is 105 cm³/mol. The molecule has 1 N–H and O–H groups in total. The lowest BCUT2D eigenvalue weighted by molar-refractivity contribution is 0.0923. The van der Waals surface area contributed by atoms with E-state index >= 15 is 0 Å². The molecular weight excluding hydrogens is 414 g/mol. The first kappa shape index (κ1) is 19.4. The van der Waals surface area contributed by atoms with Gasteiger partial charge in [0.1, 0.15) is 5.75 Å². The van der Waals surface area contributed by atoms with E-state index in [1.807, 2.05) is 25.1 Å². The molecule has 27 heavy (non-hydrogen) atoms. The monoisotopic (exact) mass is 435 g/mol. The Morgan fingerprint density at radius 1 is 1.15 bits per heavy atom. The van der Waals surface area contributed by atoms with E-state index in [0.29, 0.717) is 40.3 Å². The molecule has 0 aromatic heterocycles. The van der Waals surface area contributed by atoms with Crippen LogP contribution in [0.4, 0.5) is 0 Å². The molecule has 1 aliphatic rings. The molecule has 0 fully saturated rings. The lowest BCUT2D eigenvalue weighted by atomic mass is 9.98. The van der Waals surface area contributed by atoms with Crippen LogP contribution >= 0.6 is 15.9 Å². The van der Waals surface area contributed by atoms with Crippen molar-refractivity contribution < 1.29 is 23.7 Å². The van der Waals surface area contributed by atoms with E-state index in [1.165, 1.54) is 21.3 Å². The maximum atomic E-state index is 13.0. The van der Waals surface area contributed by atoms with Gasteiger partial charge in [0.2, 0.25) is 5.75 Å². The fourth-order valence-electron chi connectivity index (χ4n) is 3.19. The van der Waals surface area contributed by atoms with E-state index in [4.69, 9.17) is 18.9 Å². The van der Waals surface area contributed by atoms with Crippen LogP contribution in [0.2, 0.25) is 0 Å². The van der Waals surface area contributed by atoms with Crippen LogP contribution in [0, 0.1) is 6.92 Å². The summed E-state index contributed by atoms with van der Waals surface area (Å²) >= 11 is 3.46. The van der Waals surface area contributed by atoms with Gasteiger partial charge in [-0.25, -0.2) is 0 Å². The molecule has 0 spiro atoms. The molecule has 3 rings (SSSR count). The molecule has 0 saturated carbocycles. The zero-order valence-corrected chi connectivity index (χ0v) is 17.3. The van der Waals surface area contributed by atoms with Gasteiger partial charge in [-0.3, -0.25) is 4.79 Å². The van der Waals surface area contributed by atoms with E-state index < -0.39 is 0 Å². The molecule has 6 nitrogen and oxygen atoms in total. The van der Waals surface area contributed by atoms with Crippen molar-refractivity contribution >= 4 is 21.8 Å². The van der Waals surface area contributed by atoms with Gasteiger partial charge in [-0.15, -0.1) is 0 Å². The highest BCUT2D eigenvalue weighted by atomic mass is 79.9. The molecule has 1 atom stereocenters. The molecular formula is C20H22BrNO5. The first-order chi connectivity index (χ1) is 13.0. The maximum Gasteiger partial charge on any atom is 0.253 e. The summed E-state index contributed by atoms with van der Waals surface area (Å²) in [6, 6.07) is 7.49. The van der Waals surface area contributed by atoms with Crippen molar-refractivity contribution in [2.45, 2.75) is 19.4 Å². The Bertz CT molecular complexity index is 868. The third kappa shape index (κ3) is 3.69. The van der Waals surface area contributed by atoms with Gasteiger partial charge in [0.05, 0.1) is 44.0 Å². The Hall–Kier alpha value is -2.41. The third-order valence-corrected chi connectivity index (χ3v) is 5.31. The van der Waals surface area contributed by atoms with Crippen LogP contribution in [0.1, 0.15) is 33.9 Å². The van der Waals surface area contributed by atoms with Crippen LogP contribution in [0.15, 0.2) is 28.7 Å². The molecule has 1 aliphatic heterocycles. The van der Waals surface area contributed by atoms with Gasteiger partial charge in [-0.1, -0.05) is 17.7 Å². The highest BCUT2D eigenvalue weighted by Crippen LogP contribution is 2.45. The van der Waals surface area contributed by atoms with Gasteiger partial charge in [0.25, 0.3) is 5.91 Å². The highest BCUT2D eigenvalue weighted by molar-refractivity contribution is 9.10. The second kappa shape index (κ2) is 8.08. The van der Waals surface area contributed by atoms with Crippen LogP contribution in [0.25, 0.3) is 0 Å². The Morgan fingerprint density at radius 3 is 2.56 bits per heavy atom. The van der Waals surface area contributed by atoms with Crippen LogP contribution in [0.5, 0.6) is 23.0 Å². The normalized spacial score (nSPS) is 15.4. The number of hydrogen-bond donors (Lipinski definition) is 1. The minimum Gasteiger partial charge on any atom is -0.493 e. The van der Waals surface area contributed by atoms with Crippen molar-refractivity contribution in [1.82, 2.24) is 5.32 Å². The number of ether oxygens (including phenoxy) is 4. The van der Waals surface area contributed by atoms with Crippen molar-refractivity contribution in [2.75, 3.05) is 27.9 Å². The quantitative estimate of drug-likeness (QED) is 0.767. The van der Waals surface area contributed by atoms with Gasteiger partial charge < -0.3 is 24.3 Å². The van der Waals surface area contributed by atoms with E-state index in [2.05, 4.69) is 21.2 Å². The number of aryl methyl sites for hydroxylation is 1. The highest BCUT2D eigenvalue weighted by Gasteiger charge is 2.27. The van der Waals surface area contributed by atoms with Gasteiger partial charge in [0, 0.05) is 12.0 Å². The number of carbonyl (C=O) groups is 1. The fraction of sp³-hybridized carbons (Fsp3) is 0.350. The van der Waals surface area contributed by atoms with Gasteiger partial charge in [-0.2, -0.15) is 0 Å². The second-order valence-electron chi connectivity index (χ2n) is 6.21. The fourth-order valence-corrected chi connectivity index (χ4v) is 3.82. The summed E-state index contributed by atoms with van der Waals surface area (Å²) < 4.78 is 22.3. The van der Waals surface area contributed by atoms with E-state index in [1.54, 1.807) is 6.07 Å². The number of fused-ring (bicyclic) bond motifs is 1.